The van der Waals surface area contributed by atoms with E-state index < -0.39 is 0 Å². The summed E-state index contributed by atoms with van der Waals surface area (Å²) in [4.78, 5) is 14.7. The molecule has 0 radical (unpaired) electrons. The van der Waals surface area contributed by atoms with Crippen molar-refractivity contribution in [3.63, 3.8) is 0 Å². The van der Waals surface area contributed by atoms with Gasteiger partial charge in [0.2, 0.25) is 5.91 Å². The Morgan fingerprint density at radius 2 is 2.42 bits per heavy atom. The van der Waals surface area contributed by atoms with Crippen molar-refractivity contribution in [1.82, 2.24) is 5.32 Å². The van der Waals surface area contributed by atoms with Gasteiger partial charge in [0.25, 0.3) is 0 Å². The number of amides is 1. The highest BCUT2D eigenvalue weighted by atomic mass is 16.1. The van der Waals surface area contributed by atoms with Gasteiger partial charge in [-0.1, -0.05) is 13.5 Å². The number of nitrogens with zero attached hydrogens (tertiary/aromatic N) is 1. The van der Waals surface area contributed by atoms with E-state index in [1.807, 2.05) is 13.1 Å². The molecule has 0 aliphatic carbocycles. The minimum absolute atomic E-state index is 0.116. The Hall–Kier alpha value is -1.12. The Labute approximate surface area is 73.6 Å². The molecule has 1 amide bonds. The SMILES string of the molecule is C=CC(=O)NCCCN=CCC. The molecule has 0 fully saturated rings. The van der Waals surface area contributed by atoms with E-state index in [9.17, 15) is 4.79 Å². The van der Waals surface area contributed by atoms with Crippen molar-refractivity contribution < 1.29 is 4.79 Å². The molecule has 1 N–H and O–H groups in total. The van der Waals surface area contributed by atoms with Crippen molar-refractivity contribution >= 4 is 12.1 Å². The molecule has 0 aromatic heterocycles. The number of hydrogen-bond acceptors (Lipinski definition) is 2. The van der Waals surface area contributed by atoms with Crippen LogP contribution in [-0.4, -0.2) is 25.2 Å². The van der Waals surface area contributed by atoms with E-state index in [-0.39, 0.29) is 5.91 Å². The number of hydrogen-bond donors (Lipinski definition) is 1. The van der Waals surface area contributed by atoms with Gasteiger partial charge in [0.05, 0.1) is 0 Å². The molecule has 0 atom stereocenters. The van der Waals surface area contributed by atoms with Crippen LogP contribution in [0.25, 0.3) is 0 Å². The molecule has 0 heterocycles. The first-order valence-corrected chi connectivity index (χ1v) is 4.19. The molecule has 3 nitrogen and oxygen atoms in total. The number of carbonyl (C=O) groups is 1. The Kier molecular flexibility index (Phi) is 7.24. The van der Waals surface area contributed by atoms with Crippen LogP contribution in [0.3, 0.4) is 0 Å². The number of aliphatic imine (C=N–C) groups is 1. The first-order chi connectivity index (χ1) is 5.81. The first-order valence-electron chi connectivity index (χ1n) is 4.19. The number of rotatable bonds is 6. The maximum Gasteiger partial charge on any atom is 0.243 e. The second kappa shape index (κ2) is 7.98. The van der Waals surface area contributed by atoms with E-state index in [0.717, 1.165) is 19.4 Å². The molecule has 0 saturated carbocycles. The molecule has 0 rings (SSSR count). The topological polar surface area (TPSA) is 41.5 Å². The van der Waals surface area contributed by atoms with Crippen LogP contribution in [-0.2, 0) is 4.79 Å². The van der Waals surface area contributed by atoms with E-state index in [1.54, 1.807) is 0 Å². The third kappa shape index (κ3) is 6.99. The van der Waals surface area contributed by atoms with Crippen LogP contribution in [0.4, 0.5) is 0 Å². The second-order valence-electron chi connectivity index (χ2n) is 2.35. The summed E-state index contributed by atoms with van der Waals surface area (Å²) in [5.74, 6) is -0.116. The predicted molar refractivity (Wildman–Crippen MR) is 51.5 cm³/mol. The Bertz CT molecular complexity index is 164. The lowest BCUT2D eigenvalue weighted by Crippen LogP contribution is -2.22. The van der Waals surface area contributed by atoms with Crippen molar-refractivity contribution in [2.24, 2.45) is 4.99 Å². The summed E-state index contributed by atoms with van der Waals surface area (Å²) >= 11 is 0. The maximum atomic E-state index is 10.6. The largest absolute Gasteiger partial charge is 0.353 e. The first kappa shape index (κ1) is 10.9. The van der Waals surface area contributed by atoms with E-state index in [2.05, 4.69) is 16.9 Å². The highest BCUT2D eigenvalue weighted by Gasteiger charge is 1.90. The molecule has 0 aliphatic rings. The zero-order valence-electron chi connectivity index (χ0n) is 7.55. The van der Waals surface area contributed by atoms with E-state index in [0.29, 0.717) is 6.54 Å². The van der Waals surface area contributed by atoms with E-state index >= 15 is 0 Å². The summed E-state index contributed by atoms with van der Waals surface area (Å²) in [5.41, 5.74) is 0. The molecule has 0 spiro atoms. The third-order valence-corrected chi connectivity index (χ3v) is 1.26. The van der Waals surface area contributed by atoms with Gasteiger partial charge in [-0.3, -0.25) is 9.79 Å². The van der Waals surface area contributed by atoms with Gasteiger partial charge < -0.3 is 5.32 Å². The quantitative estimate of drug-likeness (QED) is 0.361. The van der Waals surface area contributed by atoms with Crippen LogP contribution in [0.1, 0.15) is 19.8 Å². The van der Waals surface area contributed by atoms with Crippen LogP contribution >= 0.6 is 0 Å². The minimum atomic E-state index is -0.116. The van der Waals surface area contributed by atoms with Gasteiger partial charge in [-0.05, 0) is 25.1 Å². The molecule has 0 aliphatic heterocycles. The monoisotopic (exact) mass is 168 g/mol. The Morgan fingerprint density at radius 3 is 3.00 bits per heavy atom. The lowest BCUT2D eigenvalue weighted by Gasteiger charge is -1.98. The summed E-state index contributed by atoms with van der Waals surface area (Å²) in [6.07, 6.45) is 5.01. The molecule has 12 heavy (non-hydrogen) atoms. The van der Waals surface area contributed by atoms with Crippen LogP contribution in [0, 0.1) is 0 Å². The molecule has 68 valence electrons. The van der Waals surface area contributed by atoms with E-state index in [1.165, 1.54) is 6.08 Å². The van der Waals surface area contributed by atoms with Crippen molar-refractivity contribution in [1.29, 1.82) is 0 Å². The molecule has 3 heteroatoms. The molecule has 0 saturated heterocycles. The third-order valence-electron chi connectivity index (χ3n) is 1.26. The Balaban J connectivity index is 3.16. The van der Waals surface area contributed by atoms with E-state index in [4.69, 9.17) is 0 Å². The molecule has 0 bridgehead atoms. The van der Waals surface area contributed by atoms with Gasteiger partial charge in [-0.2, -0.15) is 0 Å². The van der Waals surface area contributed by atoms with Gasteiger partial charge in [0, 0.05) is 13.1 Å². The van der Waals surface area contributed by atoms with Crippen molar-refractivity contribution in [3.8, 4) is 0 Å². The second-order valence-corrected chi connectivity index (χ2v) is 2.35. The van der Waals surface area contributed by atoms with Crippen LogP contribution in [0.2, 0.25) is 0 Å². The molecule has 0 aromatic carbocycles. The fraction of sp³-hybridized carbons (Fsp3) is 0.556. The fourth-order valence-electron chi connectivity index (χ4n) is 0.674. The minimum Gasteiger partial charge on any atom is -0.353 e. The molecule has 0 unspecified atom stereocenters. The highest BCUT2D eigenvalue weighted by molar-refractivity contribution is 5.86. The van der Waals surface area contributed by atoms with Crippen LogP contribution in [0.15, 0.2) is 17.6 Å². The zero-order valence-corrected chi connectivity index (χ0v) is 7.55. The van der Waals surface area contributed by atoms with Gasteiger partial charge in [0.15, 0.2) is 0 Å². The lowest BCUT2D eigenvalue weighted by atomic mass is 10.4. The van der Waals surface area contributed by atoms with Gasteiger partial charge in [0.1, 0.15) is 0 Å². The van der Waals surface area contributed by atoms with Crippen molar-refractivity contribution in [3.05, 3.63) is 12.7 Å². The smallest absolute Gasteiger partial charge is 0.243 e. The normalized spacial score (nSPS) is 10.1. The maximum absolute atomic E-state index is 10.6. The van der Waals surface area contributed by atoms with Crippen LogP contribution in [0.5, 0.6) is 0 Å². The van der Waals surface area contributed by atoms with Gasteiger partial charge >= 0.3 is 0 Å². The lowest BCUT2D eigenvalue weighted by molar-refractivity contribution is -0.116. The van der Waals surface area contributed by atoms with Crippen LogP contribution < -0.4 is 5.32 Å². The number of nitrogens with one attached hydrogen (secondary N) is 1. The van der Waals surface area contributed by atoms with Crippen molar-refractivity contribution in [2.75, 3.05) is 13.1 Å². The van der Waals surface area contributed by atoms with Crippen molar-refractivity contribution in [2.45, 2.75) is 19.8 Å². The van der Waals surface area contributed by atoms with Gasteiger partial charge in [-0.25, -0.2) is 0 Å². The zero-order chi connectivity index (χ0) is 9.23. The average Bonchev–Trinajstić information content (AvgIpc) is 2.10. The standard InChI is InChI=1S/C9H16N2O/c1-3-6-10-7-5-8-11-9(12)4-2/h4,6H,2-3,5,7-8H2,1H3,(H,11,12). The summed E-state index contributed by atoms with van der Waals surface area (Å²) < 4.78 is 0. The summed E-state index contributed by atoms with van der Waals surface area (Å²) in [6, 6.07) is 0. The number of carbonyl (C=O) groups excluding carboxylic acids is 1. The molecular formula is C9H16N2O. The summed E-state index contributed by atoms with van der Waals surface area (Å²) in [5, 5.41) is 2.68. The van der Waals surface area contributed by atoms with Gasteiger partial charge in [-0.15, -0.1) is 0 Å². The highest BCUT2D eigenvalue weighted by Crippen LogP contribution is 1.79. The molecule has 0 aromatic rings. The summed E-state index contributed by atoms with van der Waals surface area (Å²) in [7, 11) is 0. The fourth-order valence-corrected chi connectivity index (χ4v) is 0.674. The predicted octanol–water partition coefficient (Wildman–Crippen LogP) is 1.16. The molecular weight excluding hydrogens is 152 g/mol. The average molecular weight is 168 g/mol. The Morgan fingerprint density at radius 1 is 1.67 bits per heavy atom. The summed E-state index contributed by atoms with van der Waals surface area (Å²) in [6.45, 7) is 6.85.